The minimum absolute atomic E-state index is 0.0918. The fraction of sp³-hybridized carbons (Fsp3) is 0.158. The SMILES string of the molecule is O=C(Nc1nc(-c2ccc3c(c2)OCCO3)cs1)c1cccc(C(F)(F)F)c1. The normalized spacial score (nSPS) is 13.2. The van der Waals surface area contributed by atoms with Crippen LogP contribution >= 0.6 is 11.3 Å². The fourth-order valence-corrected chi connectivity index (χ4v) is 3.39. The molecule has 5 nitrogen and oxygen atoms in total. The topological polar surface area (TPSA) is 60.5 Å². The van der Waals surface area contributed by atoms with Crippen LogP contribution in [0.25, 0.3) is 11.3 Å². The number of alkyl halides is 3. The van der Waals surface area contributed by atoms with Crippen molar-refractivity contribution < 1.29 is 27.4 Å². The minimum Gasteiger partial charge on any atom is -0.486 e. The van der Waals surface area contributed by atoms with Crippen molar-refractivity contribution in [3.63, 3.8) is 0 Å². The number of rotatable bonds is 3. The Morgan fingerprint density at radius 1 is 1.07 bits per heavy atom. The molecule has 1 aromatic heterocycles. The van der Waals surface area contributed by atoms with Gasteiger partial charge in [0.05, 0.1) is 11.3 Å². The fourth-order valence-electron chi connectivity index (χ4n) is 2.67. The summed E-state index contributed by atoms with van der Waals surface area (Å²) in [5.74, 6) is 0.615. The van der Waals surface area contributed by atoms with Gasteiger partial charge in [-0.05, 0) is 36.4 Å². The molecule has 0 unspecified atom stereocenters. The lowest BCUT2D eigenvalue weighted by molar-refractivity contribution is -0.137. The second-order valence-corrected chi connectivity index (χ2v) is 6.79. The molecule has 0 radical (unpaired) electrons. The van der Waals surface area contributed by atoms with Crippen molar-refractivity contribution in [3.8, 4) is 22.8 Å². The molecule has 0 fully saturated rings. The van der Waals surface area contributed by atoms with Gasteiger partial charge < -0.3 is 9.47 Å². The molecule has 2 heterocycles. The lowest BCUT2D eigenvalue weighted by atomic mass is 10.1. The summed E-state index contributed by atoms with van der Waals surface area (Å²) in [6.45, 7) is 0.959. The molecule has 28 heavy (non-hydrogen) atoms. The van der Waals surface area contributed by atoms with Crippen molar-refractivity contribution >= 4 is 22.4 Å². The molecule has 1 amide bonds. The molecule has 1 N–H and O–H groups in total. The Balaban J connectivity index is 1.52. The zero-order chi connectivity index (χ0) is 19.7. The number of aromatic nitrogens is 1. The smallest absolute Gasteiger partial charge is 0.416 e. The first-order chi connectivity index (χ1) is 13.4. The number of nitrogens with zero attached hydrogens (tertiary/aromatic N) is 1. The number of carbonyl (C=O) groups is 1. The summed E-state index contributed by atoms with van der Waals surface area (Å²) >= 11 is 1.18. The quantitative estimate of drug-likeness (QED) is 0.675. The Morgan fingerprint density at radius 2 is 1.86 bits per heavy atom. The highest BCUT2D eigenvalue weighted by Gasteiger charge is 2.31. The maximum atomic E-state index is 12.8. The number of fused-ring (bicyclic) bond motifs is 1. The number of carbonyl (C=O) groups excluding carboxylic acids is 1. The van der Waals surface area contributed by atoms with Crippen LogP contribution < -0.4 is 14.8 Å². The number of nitrogens with one attached hydrogen (secondary N) is 1. The molecular weight excluding hydrogens is 393 g/mol. The number of anilines is 1. The van der Waals surface area contributed by atoms with Crippen LogP contribution in [0, 0.1) is 0 Å². The molecule has 0 saturated carbocycles. The average molecular weight is 406 g/mol. The summed E-state index contributed by atoms with van der Waals surface area (Å²) in [4.78, 5) is 16.6. The van der Waals surface area contributed by atoms with Crippen LogP contribution in [0.4, 0.5) is 18.3 Å². The van der Waals surface area contributed by atoms with E-state index in [0.29, 0.717) is 30.4 Å². The molecule has 3 aromatic rings. The van der Waals surface area contributed by atoms with E-state index in [1.165, 1.54) is 23.5 Å². The highest BCUT2D eigenvalue weighted by molar-refractivity contribution is 7.14. The monoisotopic (exact) mass is 406 g/mol. The van der Waals surface area contributed by atoms with Crippen LogP contribution in [0.2, 0.25) is 0 Å². The summed E-state index contributed by atoms with van der Waals surface area (Å²) < 4.78 is 49.4. The molecule has 0 atom stereocenters. The highest BCUT2D eigenvalue weighted by Crippen LogP contribution is 2.35. The largest absolute Gasteiger partial charge is 0.486 e. The zero-order valence-corrected chi connectivity index (χ0v) is 15.1. The van der Waals surface area contributed by atoms with Gasteiger partial charge in [-0.1, -0.05) is 6.07 Å². The van der Waals surface area contributed by atoms with Gasteiger partial charge in [-0.2, -0.15) is 13.2 Å². The molecule has 4 rings (SSSR count). The van der Waals surface area contributed by atoms with Crippen molar-refractivity contribution in [2.24, 2.45) is 0 Å². The number of hydrogen-bond acceptors (Lipinski definition) is 5. The van der Waals surface area contributed by atoms with Crippen molar-refractivity contribution in [1.29, 1.82) is 0 Å². The Hall–Kier alpha value is -3.07. The summed E-state index contributed by atoms with van der Waals surface area (Å²) in [5.41, 5.74) is 0.420. The van der Waals surface area contributed by atoms with Crippen LogP contribution in [-0.4, -0.2) is 24.1 Å². The number of hydrogen-bond donors (Lipinski definition) is 1. The number of halogens is 3. The molecule has 0 spiro atoms. The van der Waals surface area contributed by atoms with Crippen LogP contribution in [0.3, 0.4) is 0 Å². The van der Waals surface area contributed by atoms with Crippen molar-refractivity contribution in [1.82, 2.24) is 4.98 Å². The van der Waals surface area contributed by atoms with Crippen LogP contribution in [0.15, 0.2) is 47.8 Å². The second kappa shape index (κ2) is 7.16. The van der Waals surface area contributed by atoms with Crippen molar-refractivity contribution in [2.75, 3.05) is 18.5 Å². The number of benzene rings is 2. The van der Waals surface area contributed by atoms with Gasteiger partial charge in [-0.25, -0.2) is 4.98 Å². The molecular formula is C19H13F3N2O3S. The predicted molar refractivity (Wildman–Crippen MR) is 97.9 cm³/mol. The van der Waals surface area contributed by atoms with Gasteiger partial charge in [0.2, 0.25) is 0 Å². The first-order valence-corrected chi connectivity index (χ1v) is 9.12. The highest BCUT2D eigenvalue weighted by atomic mass is 32.1. The number of ether oxygens (including phenoxy) is 2. The van der Waals surface area contributed by atoms with Gasteiger partial charge in [0.1, 0.15) is 13.2 Å². The third kappa shape index (κ3) is 3.79. The molecule has 2 aromatic carbocycles. The Kier molecular flexibility index (Phi) is 4.68. The maximum absolute atomic E-state index is 12.8. The number of amides is 1. The lowest BCUT2D eigenvalue weighted by Gasteiger charge is -2.18. The van der Waals surface area contributed by atoms with Crippen LogP contribution in [0.5, 0.6) is 11.5 Å². The number of thiazole rings is 1. The van der Waals surface area contributed by atoms with Crippen molar-refractivity contribution in [2.45, 2.75) is 6.18 Å². The van der Waals surface area contributed by atoms with E-state index in [1.807, 2.05) is 6.07 Å². The summed E-state index contributed by atoms with van der Waals surface area (Å²) in [5, 5.41) is 4.56. The molecule has 144 valence electrons. The Bertz CT molecular complexity index is 1030. The minimum atomic E-state index is -4.51. The van der Waals surface area contributed by atoms with E-state index in [2.05, 4.69) is 10.3 Å². The molecule has 1 aliphatic heterocycles. The molecule has 0 bridgehead atoms. The second-order valence-electron chi connectivity index (χ2n) is 5.93. The van der Waals surface area contributed by atoms with Gasteiger partial charge in [0.15, 0.2) is 16.6 Å². The van der Waals surface area contributed by atoms with E-state index in [0.717, 1.165) is 17.7 Å². The first-order valence-electron chi connectivity index (χ1n) is 8.24. The third-order valence-electron chi connectivity index (χ3n) is 4.01. The summed E-state index contributed by atoms with van der Waals surface area (Å²) in [7, 11) is 0. The maximum Gasteiger partial charge on any atom is 0.416 e. The van der Waals surface area contributed by atoms with E-state index in [-0.39, 0.29) is 10.7 Å². The van der Waals surface area contributed by atoms with Crippen molar-refractivity contribution in [3.05, 3.63) is 59.0 Å². The zero-order valence-electron chi connectivity index (χ0n) is 14.2. The van der Waals surface area contributed by atoms with E-state index in [4.69, 9.17) is 9.47 Å². The lowest BCUT2D eigenvalue weighted by Crippen LogP contribution is -2.15. The summed E-state index contributed by atoms with van der Waals surface area (Å²) in [6.07, 6.45) is -4.51. The molecule has 1 aliphatic rings. The molecule has 0 saturated heterocycles. The van der Waals surface area contributed by atoms with Gasteiger partial charge in [-0.15, -0.1) is 11.3 Å². The van der Waals surface area contributed by atoms with Gasteiger partial charge >= 0.3 is 6.18 Å². The summed E-state index contributed by atoms with van der Waals surface area (Å²) in [6, 6.07) is 9.64. The Morgan fingerprint density at radius 3 is 2.64 bits per heavy atom. The van der Waals surface area contributed by atoms with E-state index in [9.17, 15) is 18.0 Å². The van der Waals surface area contributed by atoms with E-state index >= 15 is 0 Å². The molecule has 0 aliphatic carbocycles. The van der Waals surface area contributed by atoms with E-state index < -0.39 is 17.6 Å². The predicted octanol–water partition coefficient (Wildman–Crippen LogP) is 4.85. The standard InChI is InChI=1S/C19H13F3N2O3S/c20-19(21,22)13-3-1-2-12(8-13)17(25)24-18-23-14(10-28-18)11-4-5-15-16(9-11)27-7-6-26-15/h1-5,8-10H,6-7H2,(H,23,24,25). The van der Waals surface area contributed by atoms with E-state index in [1.54, 1.807) is 17.5 Å². The average Bonchev–Trinajstić information content (AvgIpc) is 3.15. The third-order valence-corrected chi connectivity index (χ3v) is 4.77. The Labute approximate surface area is 161 Å². The first kappa shape index (κ1) is 18.3. The van der Waals surface area contributed by atoms with Gasteiger partial charge in [0.25, 0.3) is 5.91 Å². The van der Waals surface area contributed by atoms with Gasteiger partial charge in [0, 0.05) is 16.5 Å². The molecule has 9 heteroatoms. The van der Waals surface area contributed by atoms with Crippen LogP contribution in [-0.2, 0) is 6.18 Å². The van der Waals surface area contributed by atoms with Crippen LogP contribution in [0.1, 0.15) is 15.9 Å². The van der Waals surface area contributed by atoms with Gasteiger partial charge in [-0.3, -0.25) is 10.1 Å².